The van der Waals surface area contributed by atoms with Gasteiger partial charge in [0.1, 0.15) is 12.4 Å². The van der Waals surface area contributed by atoms with Crippen molar-refractivity contribution in [3.63, 3.8) is 0 Å². The topological polar surface area (TPSA) is 51.6 Å². The first-order valence-corrected chi connectivity index (χ1v) is 11.9. The van der Waals surface area contributed by atoms with Crippen LogP contribution in [0.4, 0.5) is 8.78 Å². The van der Waals surface area contributed by atoms with Gasteiger partial charge in [-0.25, -0.2) is 13.8 Å². The van der Waals surface area contributed by atoms with E-state index in [1.165, 1.54) is 23.3 Å². The highest BCUT2D eigenvalue weighted by molar-refractivity contribution is 6.33. The molecule has 1 aliphatic carbocycles. The van der Waals surface area contributed by atoms with Crippen molar-refractivity contribution >= 4 is 11.6 Å². The van der Waals surface area contributed by atoms with Crippen LogP contribution < -0.4 is 9.47 Å². The van der Waals surface area contributed by atoms with Crippen LogP contribution in [0.1, 0.15) is 42.0 Å². The van der Waals surface area contributed by atoms with Crippen LogP contribution in [-0.2, 0) is 19.4 Å². The number of halogens is 3. The summed E-state index contributed by atoms with van der Waals surface area (Å²) in [6, 6.07) is 7.70. The number of hydrogen-bond acceptors (Lipinski definition) is 4. The third-order valence-corrected chi connectivity index (χ3v) is 6.40. The summed E-state index contributed by atoms with van der Waals surface area (Å²) < 4.78 is 40.7. The van der Waals surface area contributed by atoms with Gasteiger partial charge in [-0.2, -0.15) is 0 Å². The van der Waals surface area contributed by atoms with Crippen molar-refractivity contribution in [2.75, 3.05) is 13.2 Å². The van der Waals surface area contributed by atoms with E-state index in [0.29, 0.717) is 47.9 Å². The van der Waals surface area contributed by atoms with Gasteiger partial charge in [0.25, 0.3) is 0 Å². The van der Waals surface area contributed by atoms with Crippen LogP contribution >= 0.6 is 11.6 Å². The summed E-state index contributed by atoms with van der Waals surface area (Å²) in [4.78, 5) is 4.35. The minimum atomic E-state index is -0.528. The lowest BCUT2D eigenvalue weighted by Gasteiger charge is -2.15. The lowest BCUT2D eigenvalue weighted by Crippen LogP contribution is -2.03. The average molecular weight is 488 g/mol. The Bertz CT molecular complexity index is 1190. The van der Waals surface area contributed by atoms with Crippen LogP contribution in [0.25, 0.3) is 11.1 Å². The number of pyridine rings is 1. The number of unbranched alkanes of at least 4 members (excludes halogenated alkanes) is 1. The molecule has 4 rings (SSSR count). The molecule has 1 heterocycles. The molecule has 0 radical (unpaired) electrons. The number of nitrogens with zero attached hydrogens (tertiary/aromatic N) is 1. The zero-order valence-corrected chi connectivity index (χ0v) is 20.1. The molecule has 7 heteroatoms. The normalized spacial score (nSPS) is 14.8. The maximum atomic E-state index is 14.7. The zero-order chi connectivity index (χ0) is 24.2. The molecule has 2 aromatic carbocycles. The molecule has 3 aromatic rings. The average Bonchev–Trinajstić information content (AvgIpc) is 3.17. The number of ether oxygens (including phenoxy) is 2. The largest absolute Gasteiger partial charge is 0.491 e. The van der Waals surface area contributed by atoms with Crippen LogP contribution in [0.2, 0.25) is 5.02 Å². The first kappa shape index (κ1) is 24.4. The molecule has 1 atom stereocenters. The number of rotatable bonds is 9. The second-order valence-electron chi connectivity index (χ2n) is 8.89. The number of fused-ring (bicyclic) bond motifs is 1. The fourth-order valence-corrected chi connectivity index (χ4v) is 4.55. The summed E-state index contributed by atoms with van der Waals surface area (Å²) in [6.07, 6.45) is 5.05. The minimum Gasteiger partial charge on any atom is -0.491 e. The summed E-state index contributed by atoms with van der Waals surface area (Å²) in [5.74, 6) is 0.154. The Hall–Kier alpha value is -2.70. The van der Waals surface area contributed by atoms with Gasteiger partial charge in [0, 0.05) is 30.0 Å². The maximum Gasteiger partial charge on any atom is 0.213 e. The predicted octanol–water partition coefficient (Wildman–Crippen LogP) is 6.45. The number of aryl methyl sites for hydroxylation is 1. The lowest BCUT2D eigenvalue weighted by molar-refractivity contribution is 0.248. The van der Waals surface area contributed by atoms with Gasteiger partial charge in [-0.1, -0.05) is 18.5 Å². The Morgan fingerprint density at radius 3 is 2.59 bits per heavy atom. The number of hydrogen-bond donors (Lipinski definition) is 1. The molecule has 180 valence electrons. The van der Waals surface area contributed by atoms with Crippen LogP contribution in [0.15, 0.2) is 36.5 Å². The first-order valence-electron chi connectivity index (χ1n) is 11.5. The van der Waals surface area contributed by atoms with Gasteiger partial charge in [0.15, 0.2) is 11.6 Å². The van der Waals surface area contributed by atoms with Crippen molar-refractivity contribution in [3.05, 3.63) is 75.4 Å². The molecule has 34 heavy (non-hydrogen) atoms. The summed E-state index contributed by atoms with van der Waals surface area (Å²) in [5, 5.41) is 9.05. The monoisotopic (exact) mass is 487 g/mol. The molecule has 1 aliphatic rings. The molecule has 1 aromatic heterocycles. The van der Waals surface area contributed by atoms with Crippen molar-refractivity contribution in [1.29, 1.82) is 0 Å². The Kier molecular flexibility index (Phi) is 7.69. The molecular weight excluding hydrogens is 460 g/mol. The second kappa shape index (κ2) is 10.7. The maximum absolute atomic E-state index is 14.7. The molecule has 0 amide bonds. The Balaban J connectivity index is 1.54. The molecule has 1 N–H and O–H groups in total. The SMILES string of the molecule is Cc1cc(OCCCCO)c(F)cc1-c1cc(COc2cc3c(cn2)CC(C)C3)c(F)cc1Cl. The van der Waals surface area contributed by atoms with Gasteiger partial charge in [0.05, 0.1) is 11.6 Å². The highest BCUT2D eigenvalue weighted by Crippen LogP contribution is 2.36. The van der Waals surface area contributed by atoms with Crippen molar-refractivity contribution in [3.8, 4) is 22.8 Å². The smallest absolute Gasteiger partial charge is 0.213 e. The number of benzene rings is 2. The number of aromatic nitrogens is 1. The van der Waals surface area contributed by atoms with Gasteiger partial charge < -0.3 is 14.6 Å². The summed E-state index contributed by atoms with van der Waals surface area (Å²) in [6.45, 7) is 4.38. The van der Waals surface area contributed by atoms with E-state index < -0.39 is 11.6 Å². The molecule has 1 unspecified atom stereocenters. The van der Waals surface area contributed by atoms with E-state index >= 15 is 0 Å². The third kappa shape index (κ3) is 5.50. The van der Waals surface area contributed by atoms with Gasteiger partial charge >= 0.3 is 0 Å². The Morgan fingerprint density at radius 1 is 1.00 bits per heavy atom. The molecule has 0 bridgehead atoms. The minimum absolute atomic E-state index is 0.0229. The van der Waals surface area contributed by atoms with Crippen molar-refractivity contribution in [2.45, 2.75) is 46.1 Å². The van der Waals surface area contributed by atoms with Gasteiger partial charge in [-0.3, -0.25) is 0 Å². The molecule has 0 aliphatic heterocycles. The van der Waals surface area contributed by atoms with Gasteiger partial charge in [0.2, 0.25) is 5.88 Å². The van der Waals surface area contributed by atoms with Crippen LogP contribution in [0.3, 0.4) is 0 Å². The van der Waals surface area contributed by atoms with Crippen molar-refractivity contribution in [1.82, 2.24) is 4.98 Å². The highest BCUT2D eigenvalue weighted by Gasteiger charge is 2.20. The molecule has 0 saturated carbocycles. The standard InChI is InChI=1S/C27H28ClF2NO3/c1-16-7-18-11-27(31-14-19(18)8-16)34-15-20-10-22(23(28)13-24(20)29)21-12-25(30)26(9-17(21)2)33-6-4-3-5-32/h9-14,16,32H,3-8,15H2,1-2H3. The van der Waals surface area contributed by atoms with Crippen molar-refractivity contribution in [2.24, 2.45) is 5.92 Å². The van der Waals surface area contributed by atoms with E-state index in [4.69, 9.17) is 26.2 Å². The Labute approximate surface area is 203 Å². The quantitative estimate of drug-likeness (QED) is 0.352. The molecule has 0 fully saturated rings. The van der Waals surface area contributed by atoms with Gasteiger partial charge in [-0.05, 0) is 85.0 Å². The summed E-state index contributed by atoms with van der Waals surface area (Å²) >= 11 is 6.34. The predicted molar refractivity (Wildman–Crippen MR) is 128 cm³/mol. The summed E-state index contributed by atoms with van der Waals surface area (Å²) in [7, 11) is 0. The van der Waals surface area contributed by atoms with E-state index in [0.717, 1.165) is 18.4 Å². The number of aliphatic hydroxyl groups is 1. The third-order valence-electron chi connectivity index (χ3n) is 6.09. The first-order chi connectivity index (χ1) is 16.4. The van der Waals surface area contributed by atoms with Crippen molar-refractivity contribution < 1.29 is 23.4 Å². The van der Waals surface area contributed by atoms with E-state index in [1.54, 1.807) is 12.1 Å². The van der Waals surface area contributed by atoms with Crippen LogP contribution in [0, 0.1) is 24.5 Å². The second-order valence-corrected chi connectivity index (χ2v) is 9.30. The Morgan fingerprint density at radius 2 is 1.79 bits per heavy atom. The van der Waals surface area contributed by atoms with E-state index in [2.05, 4.69) is 11.9 Å². The molecular formula is C27H28ClF2NO3. The highest BCUT2D eigenvalue weighted by atomic mass is 35.5. The van der Waals surface area contributed by atoms with E-state index in [-0.39, 0.29) is 24.0 Å². The zero-order valence-electron chi connectivity index (χ0n) is 19.3. The fraction of sp³-hybridized carbons (Fsp3) is 0.370. The summed E-state index contributed by atoms with van der Waals surface area (Å²) in [5.41, 5.74) is 4.57. The van der Waals surface area contributed by atoms with Gasteiger partial charge in [-0.15, -0.1) is 0 Å². The van der Waals surface area contributed by atoms with E-state index in [1.807, 2.05) is 19.2 Å². The number of aliphatic hydroxyl groups excluding tert-OH is 1. The fourth-order valence-electron chi connectivity index (χ4n) is 4.29. The lowest BCUT2D eigenvalue weighted by atomic mass is 9.98. The molecule has 0 spiro atoms. The van der Waals surface area contributed by atoms with Crippen LogP contribution in [0.5, 0.6) is 11.6 Å². The van der Waals surface area contributed by atoms with Crippen LogP contribution in [-0.4, -0.2) is 23.3 Å². The molecule has 0 saturated heterocycles. The van der Waals surface area contributed by atoms with E-state index in [9.17, 15) is 8.78 Å². The molecule has 4 nitrogen and oxygen atoms in total.